The van der Waals surface area contributed by atoms with Crippen LogP contribution < -0.4 is 5.32 Å². The molecule has 0 bridgehead atoms. The van der Waals surface area contributed by atoms with Crippen LogP contribution in [0.5, 0.6) is 0 Å². The van der Waals surface area contributed by atoms with Crippen molar-refractivity contribution >= 4 is 17.7 Å². The van der Waals surface area contributed by atoms with Gasteiger partial charge >= 0.3 is 0 Å². The van der Waals surface area contributed by atoms with Gasteiger partial charge in [-0.15, -0.1) is 11.3 Å². The standard InChI is InChI=1S/C13H16N2S/c1-8-6-16-13(9(8)2)12-11(10-3-4-10)5-14-7-15-12/h5-7,10,12H,3-4H2,1-2H3,(H,14,15). The quantitative estimate of drug-likeness (QED) is 0.831. The summed E-state index contributed by atoms with van der Waals surface area (Å²) in [6, 6.07) is 0.285. The van der Waals surface area contributed by atoms with Crippen molar-refractivity contribution in [2.24, 2.45) is 10.9 Å². The van der Waals surface area contributed by atoms with Crippen molar-refractivity contribution in [3.63, 3.8) is 0 Å². The Balaban J connectivity index is 1.98. The number of hydrogen-bond donors (Lipinski definition) is 1. The zero-order chi connectivity index (χ0) is 11.1. The normalized spacial score (nSPS) is 24.1. The Hall–Kier alpha value is -1.09. The maximum atomic E-state index is 4.62. The molecule has 1 unspecified atom stereocenters. The summed E-state index contributed by atoms with van der Waals surface area (Å²) in [7, 11) is 0. The summed E-state index contributed by atoms with van der Waals surface area (Å²) in [6.45, 7) is 4.39. The lowest BCUT2D eigenvalue weighted by Crippen LogP contribution is -2.15. The molecule has 1 atom stereocenters. The first-order chi connectivity index (χ1) is 7.77. The van der Waals surface area contributed by atoms with Gasteiger partial charge in [0.15, 0.2) is 0 Å². The van der Waals surface area contributed by atoms with E-state index in [2.05, 4.69) is 35.7 Å². The highest BCUT2D eigenvalue weighted by Crippen LogP contribution is 2.46. The van der Waals surface area contributed by atoms with Gasteiger partial charge in [0.05, 0.1) is 6.34 Å². The van der Waals surface area contributed by atoms with Gasteiger partial charge in [0.25, 0.3) is 0 Å². The summed E-state index contributed by atoms with van der Waals surface area (Å²) in [5.41, 5.74) is 4.29. The summed E-state index contributed by atoms with van der Waals surface area (Å²) in [5, 5.41) is 5.38. The van der Waals surface area contributed by atoms with Crippen molar-refractivity contribution in [1.29, 1.82) is 0 Å². The van der Waals surface area contributed by atoms with Gasteiger partial charge in [0.2, 0.25) is 0 Å². The number of aliphatic imine (C=N–C) groups is 1. The fraction of sp³-hybridized carbons (Fsp3) is 0.462. The third-order valence-electron chi connectivity index (χ3n) is 3.48. The van der Waals surface area contributed by atoms with Crippen molar-refractivity contribution in [1.82, 2.24) is 5.32 Å². The Morgan fingerprint density at radius 3 is 2.81 bits per heavy atom. The second-order valence-corrected chi connectivity index (χ2v) is 5.59. The van der Waals surface area contributed by atoms with Crippen molar-refractivity contribution < 1.29 is 0 Å². The molecule has 1 aliphatic carbocycles. The van der Waals surface area contributed by atoms with Crippen molar-refractivity contribution in [2.75, 3.05) is 0 Å². The molecule has 2 heterocycles. The second kappa shape index (κ2) is 3.74. The molecule has 2 nitrogen and oxygen atoms in total. The number of thiophene rings is 1. The van der Waals surface area contributed by atoms with Crippen LogP contribution in [0.1, 0.15) is 34.9 Å². The minimum absolute atomic E-state index is 0.285. The molecule has 16 heavy (non-hydrogen) atoms. The van der Waals surface area contributed by atoms with Gasteiger partial charge in [-0.25, -0.2) is 0 Å². The van der Waals surface area contributed by atoms with Crippen LogP contribution in [0.2, 0.25) is 0 Å². The first-order valence-corrected chi connectivity index (χ1v) is 6.67. The highest BCUT2D eigenvalue weighted by Gasteiger charge is 2.33. The fourth-order valence-electron chi connectivity index (χ4n) is 2.19. The molecule has 3 rings (SSSR count). The fourth-order valence-corrected chi connectivity index (χ4v) is 3.33. The lowest BCUT2D eigenvalue weighted by atomic mass is 9.98. The Bertz CT molecular complexity index is 466. The molecule has 2 aliphatic rings. The molecule has 0 aromatic carbocycles. The molecule has 1 N–H and O–H groups in total. The monoisotopic (exact) mass is 232 g/mol. The van der Waals surface area contributed by atoms with Crippen LogP contribution in [0.25, 0.3) is 0 Å². The third kappa shape index (κ3) is 1.59. The van der Waals surface area contributed by atoms with Crippen LogP contribution in [-0.4, -0.2) is 6.34 Å². The van der Waals surface area contributed by atoms with Crippen LogP contribution in [0, 0.1) is 19.8 Å². The molecular weight excluding hydrogens is 216 g/mol. The molecule has 1 saturated carbocycles. The summed E-state index contributed by atoms with van der Waals surface area (Å²) in [5.74, 6) is 0.775. The molecule has 1 fully saturated rings. The van der Waals surface area contributed by atoms with Crippen LogP contribution in [0.3, 0.4) is 0 Å². The molecule has 1 aliphatic heterocycles. The van der Waals surface area contributed by atoms with Crippen molar-refractivity contribution in [3.05, 3.63) is 33.2 Å². The van der Waals surface area contributed by atoms with E-state index in [0.29, 0.717) is 0 Å². The molecule has 1 aromatic rings. The minimum Gasteiger partial charge on any atom is -0.353 e. The lowest BCUT2D eigenvalue weighted by molar-refractivity contribution is 0.753. The maximum Gasteiger partial charge on any atom is 0.109 e. The third-order valence-corrected chi connectivity index (χ3v) is 4.74. The molecule has 3 heteroatoms. The van der Waals surface area contributed by atoms with Gasteiger partial charge in [0, 0.05) is 11.1 Å². The predicted octanol–water partition coefficient (Wildman–Crippen LogP) is 3.33. The number of nitrogens with zero attached hydrogens (tertiary/aromatic N) is 1. The molecule has 0 saturated heterocycles. The van der Waals surface area contributed by atoms with Gasteiger partial charge in [-0.05, 0) is 54.7 Å². The van der Waals surface area contributed by atoms with E-state index in [0.717, 1.165) is 5.92 Å². The van der Waals surface area contributed by atoms with Gasteiger partial charge in [0.1, 0.15) is 6.04 Å². The number of aryl methyl sites for hydroxylation is 1. The second-order valence-electron chi connectivity index (χ2n) is 4.67. The largest absolute Gasteiger partial charge is 0.353 e. The Morgan fingerprint density at radius 1 is 1.38 bits per heavy atom. The van der Waals surface area contributed by atoms with E-state index < -0.39 is 0 Å². The highest BCUT2D eigenvalue weighted by atomic mass is 32.1. The van der Waals surface area contributed by atoms with Gasteiger partial charge in [-0.1, -0.05) is 0 Å². The lowest BCUT2D eigenvalue weighted by Gasteiger charge is -2.19. The first kappa shape index (κ1) is 10.1. The van der Waals surface area contributed by atoms with Crippen molar-refractivity contribution in [2.45, 2.75) is 32.7 Å². The SMILES string of the molecule is Cc1csc(C2N=CNC=C2C2CC2)c1C. The average Bonchev–Trinajstić information content (AvgIpc) is 3.09. The van der Waals surface area contributed by atoms with E-state index in [1.54, 1.807) is 0 Å². The minimum atomic E-state index is 0.285. The molecule has 0 spiro atoms. The summed E-state index contributed by atoms with van der Waals surface area (Å²) in [4.78, 5) is 6.05. The van der Waals surface area contributed by atoms with Crippen LogP contribution in [0.4, 0.5) is 0 Å². The van der Waals surface area contributed by atoms with Crippen LogP contribution in [0.15, 0.2) is 22.1 Å². The molecule has 0 radical (unpaired) electrons. The zero-order valence-corrected chi connectivity index (χ0v) is 10.5. The van der Waals surface area contributed by atoms with Crippen molar-refractivity contribution in [3.8, 4) is 0 Å². The molecule has 0 amide bonds. The van der Waals surface area contributed by atoms with Gasteiger partial charge < -0.3 is 5.32 Å². The summed E-state index contributed by atoms with van der Waals surface area (Å²) in [6.07, 6.45) is 6.65. The van der Waals surface area contributed by atoms with E-state index >= 15 is 0 Å². The Kier molecular flexibility index (Phi) is 2.36. The van der Waals surface area contributed by atoms with Crippen LogP contribution >= 0.6 is 11.3 Å². The topological polar surface area (TPSA) is 24.4 Å². The highest BCUT2D eigenvalue weighted by molar-refractivity contribution is 7.10. The van der Waals surface area contributed by atoms with E-state index in [1.165, 1.54) is 34.4 Å². The summed E-state index contributed by atoms with van der Waals surface area (Å²) >= 11 is 1.85. The van der Waals surface area contributed by atoms with E-state index in [1.807, 2.05) is 17.7 Å². The molecular formula is C13H16N2S. The Morgan fingerprint density at radius 2 is 2.19 bits per heavy atom. The number of nitrogens with one attached hydrogen (secondary N) is 1. The predicted molar refractivity (Wildman–Crippen MR) is 69.0 cm³/mol. The van der Waals surface area contributed by atoms with E-state index in [-0.39, 0.29) is 6.04 Å². The average molecular weight is 232 g/mol. The van der Waals surface area contributed by atoms with E-state index in [9.17, 15) is 0 Å². The zero-order valence-electron chi connectivity index (χ0n) is 9.66. The molecule has 1 aromatic heterocycles. The number of hydrogen-bond acceptors (Lipinski definition) is 3. The van der Waals surface area contributed by atoms with Gasteiger partial charge in [-0.3, -0.25) is 4.99 Å². The Labute approximate surface area is 100 Å². The maximum absolute atomic E-state index is 4.62. The molecule has 84 valence electrons. The van der Waals surface area contributed by atoms with Gasteiger partial charge in [-0.2, -0.15) is 0 Å². The van der Waals surface area contributed by atoms with Crippen LogP contribution in [-0.2, 0) is 0 Å². The number of rotatable bonds is 2. The first-order valence-electron chi connectivity index (χ1n) is 5.79. The summed E-state index contributed by atoms with van der Waals surface area (Å²) < 4.78 is 0. The smallest absolute Gasteiger partial charge is 0.109 e. The van der Waals surface area contributed by atoms with E-state index in [4.69, 9.17) is 0 Å².